The lowest BCUT2D eigenvalue weighted by atomic mass is 10.0. The molecule has 0 aliphatic carbocycles. The van der Waals surface area contributed by atoms with Crippen molar-refractivity contribution in [1.29, 1.82) is 0 Å². The molecule has 0 saturated heterocycles. The number of hydrogen-bond donors (Lipinski definition) is 1. The molecule has 1 aromatic heterocycles. The summed E-state index contributed by atoms with van der Waals surface area (Å²) in [4.78, 5) is 3.19. The van der Waals surface area contributed by atoms with Gasteiger partial charge < -0.3 is 14.3 Å². The summed E-state index contributed by atoms with van der Waals surface area (Å²) < 4.78 is 8.95. The van der Waals surface area contributed by atoms with Gasteiger partial charge in [-0.05, 0) is 36.7 Å². The van der Waals surface area contributed by atoms with Gasteiger partial charge >= 0.3 is 0 Å². The van der Waals surface area contributed by atoms with Gasteiger partial charge in [-0.15, -0.1) is 0 Å². The van der Waals surface area contributed by atoms with Gasteiger partial charge in [0, 0.05) is 18.3 Å². The minimum atomic E-state index is 0.301. The van der Waals surface area contributed by atoms with E-state index in [-0.39, 0.29) is 0 Å². The maximum atomic E-state index is 5.89. The Labute approximate surface area is 124 Å². The summed E-state index contributed by atoms with van der Waals surface area (Å²) in [6.45, 7) is 2.91. The van der Waals surface area contributed by atoms with Gasteiger partial charge in [0.25, 0.3) is 0 Å². The number of unbranched alkanes of at least 4 members (excludes halogenated alkanes) is 1. The van der Waals surface area contributed by atoms with Crippen LogP contribution in [0.5, 0.6) is 5.75 Å². The van der Waals surface area contributed by atoms with Crippen molar-refractivity contribution in [1.82, 2.24) is 9.55 Å². The molecule has 4 heteroatoms. The van der Waals surface area contributed by atoms with Crippen LogP contribution in [0.3, 0.4) is 0 Å². The second-order valence-corrected chi connectivity index (χ2v) is 5.72. The van der Waals surface area contributed by atoms with Crippen LogP contribution in [0.25, 0.3) is 0 Å². The van der Waals surface area contributed by atoms with Crippen molar-refractivity contribution in [3.63, 3.8) is 0 Å². The monoisotopic (exact) mass is 288 g/mol. The van der Waals surface area contributed by atoms with Gasteiger partial charge in [-0.3, -0.25) is 0 Å². The predicted molar refractivity (Wildman–Crippen MR) is 82.9 cm³/mol. The average molecular weight is 288 g/mol. The zero-order valence-electron chi connectivity index (χ0n) is 11.8. The highest BCUT2D eigenvalue weighted by Crippen LogP contribution is 2.30. The van der Waals surface area contributed by atoms with E-state index >= 15 is 0 Å². The molecular formula is C16H20N2OS. The number of aromatic amines is 1. The molecule has 1 N–H and O–H groups in total. The summed E-state index contributed by atoms with van der Waals surface area (Å²) in [5.41, 5.74) is 2.57. The Morgan fingerprint density at radius 2 is 2.25 bits per heavy atom. The molecule has 0 bridgehead atoms. The van der Waals surface area contributed by atoms with Gasteiger partial charge in [0.05, 0.1) is 6.04 Å². The van der Waals surface area contributed by atoms with E-state index in [1.807, 2.05) is 12.1 Å². The largest absolute Gasteiger partial charge is 0.491 e. The number of aromatic nitrogens is 2. The fourth-order valence-electron chi connectivity index (χ4n) is 2.84. The van der Waals surface area contributed by atoms with E-state index in [2.05, 4.69) is 34.8 Å². The third kappa shape index (κ3) is 2.52. The molecule has 0 saturated carbocycles. The van der Waals surface area contributed by atoms with Crippen LogP contribution in [0.4, 0.5) is 0 Å². The normalized spacial score (nSPS) is 17.6. The van der Waals surface area contributed by atoms with E-state index < -0.39 is 0 Å². The van der Waals surface area contributed by atoms with Crippen LogP contribution in [0, 0.1) is 4.77 Å². The number of ether oxygens (including phenoxy) is 1. The first-order valence-corrected chi connectivity index (χ1v) is 7.70. The Kier molecular flexibility index (Phi) is 3.92. The number of benzene rings is 1. The fraction of sp³-hybridized carbons (Fsp3) is 0.438. The second-order valence-electron chi connectivity index (χ2n) is 5.34. The number of aryl methyl sites for hydroxylation is 1. The Hall–Kier alpha value is -1.55. The average Bonchev–Trinajstić information content (AvgIpc) is 2.85. The number of H-pyrrole nitrogens is 1. The summed E-state index contributed by atoms with van der Waals surface area (Å²) in [5, 5.41) is 0. The maximum Gasteiger partial charge on any atom is 0.177 e. The van der Waals surface area contributed by atoms with E-state index in [1.54, 1.807) is 0 Å². The zero-order chi connectivity index (χ0) is 13.9. The smallest absolute Gasteiger partial charge is 0.177 e. The number of imidazole rings is 1. The highest BCUT2D eigenvalue weighted by Gasteiger charge is 2.23. The van der Waals surface area contributed by atoms with E-state index in [4.69, 9.17) is 17.0 Å². The fourth-order valence-corrected chi connectivity index (χ4v) is 3.17. The number of rotatable bonds is 4. The summed E-state index contributed by atoms with van der Waals surface area (Å²) >= 11 is 5.45. The molecule has 0 radical (unpaired) electrons. The maximum absolute atomic E-state index is 5.89. The summed E-state index contributed by atoms with van der Waals surface area (Å²) in [7, 11) is 0. The molecule has 1 aromatic carbocycles. The molecule has 3 nitrogen and oxygen atoms in total. The van der Waals surface area contributed by atoms with Gasteiger partial charge in [-0.2, -0.15) is 0 Å². The predicted octanol–water partition coefficient (Wildman–Crippen LogP) is 4.06. The molecule has 0 fully saturated rings. The second kappa shape index (κ2) is 5.83. The van der Waals surface area contributed by atoms with Crippen LogP contribution in [0.2, 0.25) is 0 Å². The molecule has 0 spiro atoms. The van der Waals surface area contributed by atoms with Crippen molar-refractivity contribution in [3.05, 3.63) is 46.5 Å². The molecule has 2 aromatic rings. The summed E-state index contributed by atoms with van der Waals surface area (Å²) in [6, 6.07) is 8.58. The van der Waals surface area contributed by atoms with Gasteiger partial charge in [-0.25, -0.2) is 0 Å². The molecule has 106 valence electrons. The third-order valence-electron chi connectivity index (χ3n) is 3.90. The topological polar surface area (TPSA) is 29.9 Å². The number of hydrogen-bond acceptors (Lipinski definition) is 2. The Bertz CT molecular complexity index is 644. The minimum Gasteiger partial charge on any atom is -0.491 e. The van der Waals surface area contributed by atoms with Crippen LogP contribution in [-0.2, 0) is 12.8 Å². The lowest BCUT2D eigenvalue weighted by molar-refractivity contribution is 0.220. The highest BCUT2D eigenvalue weighted by atomic mass is 32.1. The van der Waals surface area contributed by atoms with E-state index in [0.29, 0.717) is 12.6 Å². The zero-order valence-corrected chi connectivity index (χ0v) is 12.6. The number of nitrogens with zero attached hydrogens (tertiary/aromatic N) is 1. The highest BCUT2D eigenvalue weighted by molar-refractivity contribution is 7.71. The number of fused-ring (bicyclic) bond motifs is 1. The Morgan fingerprint density at radius 3 is 3.10 bits per heavy atom. The van der Waals surface area contributed by atoms with Crippen molar-refractivity contribution in [2.75, 3.05) is 6.61 Å². The van der Waals surface area contributed by atoms with Crippen LogP contribution in [0.1, 0.15) is 37.1 Å². The van der Waals surface area contributed by atoms with Crippen LogP contribution in [-0.4, -0.2) is 16.2 Å². The van der Waals surface area contributed by atoms with E-state index in [9.17, 15) is 0 Å². The van der Waals surface area contributed by atoms with Gasteiger partial charge in [0.2, 0.25) is 0 Å². The molecule has 1 unspecified atom stereocenters. The molecule has 2 heterocycles. The standard InChI is InChI=1S/C16H20N2OS/c1-2-3-7-13-10-17-16(20)18(13)14-9-12-6-4-5-8-15(12)19-11-14/h4-6,8,10,14H,2-3,7,9,11H2,1H3,(H,17,20). The molecule has 1 atom stereocenters. The lowest BCUT2D eigenvalue weighted by Gasteiger charge is -2.27. The SMILES string of the molecule is CCCCc1c[nH]c(=S)n1C1COc2ccccc2C1. The molecule has 20 heavy (non-hydrogen) atoms. The quantitative estimate of drug-likeness (QED) is 0.860. The van der Waals surface area contributed by atoms with Crippen molar-refractivity contribution in [2.24, 2.45) is 0 Å². The third-order valence-corrected chi connectivity index (χ3v) is 4.22. The summed E-state index contributed by atoms with van der Waals surface area (Å²) in [5.74, 6) is 1.01. The van der Waals surface area contributed by atoms with Crippen molar-refractivity contribution in [3.8, 4) is 5.75 Å². The first-order valence-electron chi connectivity index (χ1n) is 7.29. The minimum absolute atomic E-state index is 0.301. The molecule has 0 amide bonds. The lowest BCUT2D eigenvalue weighted by Crippen LogP contribution is -2.25. The van der Waals surface area contributed by atoms with Gasteiger partial charge in [0.15, 0.2) is 4.77 Å². The van der Waals surface area contributed by atoms with Crippen molar-refractivity contribution < 1.29 is 4.74 Å². The van der Waals surface area contributed by atoms with Crippen LogP contribution in [0.15, 0.2) is 30.5 Å². The van der Waals surface area contributed by atoms with Gasteiger partial charge in [0.1, 0.15) is 12.4 Å². The number of nitrogens with one attached hydrogen (secondary N) is 1. The molecular weight excluding hydrogens is 268 g/mol. The van der Waals surface area contributed by atoms with Gasteiger partial charge in [-0.1, -0.05) is 31.5 Å². The van der Waals surface area contributed by atoms with Crippen LogP contribution >= 0.6 is 12.2 Å². The van der Waals surface area contributed by atoms with Crippen molar-refractivity contribution in [2.45, 2.75) is 38.6 Å². The Morgan fingerprint density at radius 1 is 1.40 bits per heavy atom. The number of para-hydroxylation sites is 1. The van der Waals surface area contributed by atoms with E-state index in [1.165, 1.54) is 24.1 Å². The first kappa shape index (κ1) is 13.4. The Balaban J connectivity index is 1.88. The van der Waals surface area contributed by atoms with Crippen LogP contribution < -0.4 is 4.74 Å². The molecule has 3 rings (SSSR count). The summed E-state index contributed by atoms with van der Waals surface area (Å²) in [6.07, 6.45) is 6.50. The van der Waals surface area contributed by atoms with E-state index in [0.717, 1.165) is 23.4 Å². The molecule has 1 aliphatic rings. The molecule has 1 aliphatic heterocycles. The first-order chi connectivity index (χ1) is 9.79. The van der Waals surface area contributed by atoms with Crippen molar-refractivity contribution >= 4 is 12.2 Å².